The van der Waals surface area contributed by atoms with Gasteiger partial charge in [0.1, 0.15) is 5.57 Å². The van der Waals surface area contributed by atoms with E-state index in [1.54, 1.807) is 11.0 Å². The van der Waals surface area contributed by atoms with Crippen LogP contribution in [0.1, 0.15) is 31.7 Å². The second kappa shape index (κ2) is 6.11. The van der Waals surface area contributed by atoms with E-state index in [-0.39, 0.29) is 22.6 Å². The highest BCUT2D eigenvalue weighted by atomic mass is 32.1. The lowest BCUT2D eigenvalue weighted by Crippen LogP contribution is -2.54. The van der Waals surface area contributed by atoms with Gasteiger partial charge in [0.05, 0.1) is 0 Å². The number of rotatable bonds is 4. The number of carbonyl (C=O) groups excluding carboxylic acids is 2. The number of nitrogens with one attached hydrogen (secondary N) is 1. The number of para-hydroxylation sites is 1. The summed E-state index contributed by atoms with van der Waals surface area (Å²) in [5, 5.41) is 3.92. The largest absolute Gasteiger partial charge is 0.347 e. The van der Waals surface area contributed by atoms with Crippen molar-refractivity contribution in [3.05, 3.63) is 41.6 Å². The van der Waals surface area contributed by atoms with Gasteiger partial charge in [-0.3, -0.25) is 19.8 Å². The van der Waals surface area contributed by atoms with Gasteiger partial charge in [-0.15, -0.1) is 0 Å². The van der Waals surface area contributed by atoms with E-state index in [1.165, 1.54) is 0 Å². The molecule has 1 saturated heterocycles. The Bertz CT molecular complexity index is 924. The second-order valence-electron chi connectivity index (χ2n) is 6.52. The van der Waals surface area contributed by atoms with Gasteiger partial charge < -0.3 is 4.57 Å². The zero-order valence-corrected chi connectivity index (χ0v) is 14.8. The van der Waals surface area contributed by atoms with Crippen molar-refractivity contribution < 1.29 is 9.59 Å². The first-order valence-electron chi connectivity index (χ1n) is 8.58. The Morgan fingerprint density at radius 2 is 2.04 bits per heavy atom. The summed E-state index contributed by atoms with van der Waals surface area (Å²) < 4.78 is 2.16. The fraction of sp³-hybridized carbons (Fsp3) is 0.316. The number of nitrogens with zero attached hydrogens (tertiary/aromatic N) is 2. The molecule has 2 aromatic rings. The van der Waals surface area contributed by atoms with Crippen molar-refractivity contribution in [2.75, 3.05) is 0 Å². The van der Waals surface area contributed by atoms with Gasteiger partial charge in [0.15, 0.2) is 5.11 Å². The second-order valence-corrected chi connectivity index (χ2v) is 6.91. The van der Waals surface area contributed by atoms with Crippen LogP contribution >= 0.6 is 12.2 Å². The lowest BCUT2D eigenvalue weighted by Gasteiger charge is -2.28. The Balaban J connectivity index is 1.79. The average molecular weight is 353 g/mol. The van der Waals surface area contributed by atoms with Gasteiger partial charge in [0.2, 0.25) is 0 Å². The molecule has 25 heavy (non-hydrogen) atoms. The van der Waals surface area contributed by atoms with Crippen LogP contribution in [0.2, 0.25) is 0 Å². The molecular weight excluding hydrogens is 334 g/mol. The number of amides is 2. The van der Waals surface area contributed by atoms with E-state index in [9.17, 15) is 9.59 Å². The maximum atomic E-state index is 12.8. The molecule has 0 atom stereocenters. The molecule has 1 aromatic heterocycles. The maximum Gasteiger partial charge on any atom is 0.265 e. The van der Waals surface area contributed by atoms with Crippen LogP contribution in [0.3, 0.4) is 0 Å². The smallest absolute Gasteiger partial charge is 0.265 e. The standard InChI is InChI=1S/C19H19N3O2S/c1-2-9-21-11-12(14-5-3-4-6-16(14)21)10-15-17(23)20-19(25)22(18(15)24)13-7-8-13/h3-6,10-11,13H,2,7-9H2,1H3,(H,20,23,25)/b15-10+. The predicted octanol–water partition coefficient (Wildman–Crippen LogP) is 2.84. The highest BCUT2D eigenvalue weighted by Gasteiger charge is 2.42. The summed E-state index contributed by atoms with van der Waals surface area (Å²) in [6, 6.07) is 8.17. The van der Waals surface area contributed by atoms with Crippen LogP contribution in [-0.2, 0) is 16.1 Å². The fourth-order valence-corrected chi connectivity index (χ4v) is 3.63. The van der Waals surface area contributed by atoms with Gasteiger partial charge >= 0.3 is 0 Å². The maximum absolute atomic E-state index is 12.8. The van der Waals surface area contributed by atoms with Crippen molar-refractivity contribution in [2.45, 2.75) is 38.8 Å². The van der Waals surface area contributed by atoms with Crippen LogP contribution in [-0.4, -0.2) is 32.4 Å². The minimum Gasteiger partial charge on any atom is -0.347 e. The van der Waals surface area contributed by atoms with E-state index in [0.29, 0.717) is 0 Å². The topological polar surface area (TPSA) is 54.3 Å². The van der Waals surface area contributed by atoms with E-state index < -0.39 is 5.91 Å². The molecule has 2 fully saturated rings. The van der Waals surface area contributed by atoms with E-state index in [1.807, 2.05) is 24.4 Å². The normalized spacial score (nSPS) is 19.8. The van der Waals surface area contributed by atoms with Gasteiger partial charge in [-0.25, -0.2) is 0 Å². The van der Waals surface area contributed by atoms with Crippen LogP contribution in [0.4, 0.5) is 0 Å². The number of aromatic nitrogens is 1. The summed E-state index contributed by atoms with van der Waals surface area (Å²) in [5.74, 6) is -0.706. The molecule has 1 saturated carbocycles. The van der Waals surface area contributed by atoms with Gasteiger partial charge in [0.25, 0.3) is 11.8 Å². The van der Waals surface area contributed by atoms with Crippen LogP contribution in [0.5, 0.6) is 0 Å². The number of carbonyl (C=O) groups is 2. The Hall–Kier alpha value is -2.47. The molecule has 0 spiro atoms. The zero-order chi connectivity index (χ0) is 17.6. The van der Waals surface area contributed by atoms with Gasteiger partial charge in [-0.05, 0) is 43.6 Å². The molecular formula is C19H19N3O2S. The Kier molecular flexibility index (Phi) is 3.92. The molecule has 0 radical (unpaired) electrons. The number of hydrogen-bond acceptors (Lipinski definition) is 3. The average Bonchev–Trinajstić information content (AvgIpc) is 3.35. The third-order valence-electron chi connectivity index (χ3n) is 4.63. The molecule has 0 unspecified atom stereocenters. The molecule has 6 heteroatoms. The molecule has 1 aromatic carbocycles. The van der Waals surface area contributed by atoms with Crippen molar-refractivity contribution in [2.24, 2.45) is 0 Å². The van der Waals surface area contributed by atoms with Crippen LogP contribution < -0.4 is 5.32 Å². The summed E-state index contributed by atoms with van der Waals surface area (Å²) in [4.78, 5) is 26.7. The van der Waals surface area contributed by atoms with Gasteiger partial charge in [0, 0.05) is 35.2 Å². The van der Waals surface area contributed by atoms with Crippen molar-refractivity contribution in [3.8, 4) is 0 Å². The lowest BCUT2D eigenvalue weighted by molar-refractivity contribution is -0.129. The molecule has 1 aliphatic heterocycles. The van der Waals surface area contributed by atoms with E-state index >= 15 is 0 Å². The predicted molar refractivity (Wildman–Crippen MR) is 101 cm³/mol. The van der Waals surface area contributed by atoms with E-state index in [2.05, 4.69) is 22.9 Å². The Labute approximate surface area is 151 Å². The summed E-state index contributed by atoms with van der Waals surface area (Å²) in [5.41, 5.74) is 2.14. The lowest BCUT2D eigenvalue weighted by atomic mass is 10.1. The minimum absolute atomic E-state index is 0.130. The first-order chi connectivity index (χ1) is 12.1. The summed E-state index contributed by atoms with van der Waals surface area (Å²) in [6.07, 6.45) is 6.59. The molecule has 1 aliphatic carbocycles. The molecule has 0 bridgehead atoms. The first-order valence-corrected chi connectivity index (χ1v) is 8.99. The van der Waals surface area contributed by atoms with E-state index in [4.69, 9.17) is 12.2 Å². The summed E-state index contributed by atoms with van der Waals surface area (Å²) in [6.45, 7) is 3.02. The molecule has 2 aliphatic rings. The Morgan fingerprint density at radius 1 is 1.28 bits per heavy atom. The van der Waals surface area contributed by atoms with Crippen LogP contribution in [0, 0.1) is 0 Å². The Morgan fingerprint density at radius 3 is 2.76 bits per heavy atom. The first kappa shape index (κ1) is 16.0. The molecule has 2 amide bonds. The molecule has 128 valence electrons. The molecule has 5 nitrogen and oxygen atoms in total. The summed E-state index contributed by atoms with van der Waals surface area (Å²) >= 11 is 5.17. The number of aryl methyl sites for hydroxylation is 1. The van der Waals surface area contributed by atoms with Crippen LogP contribution in [0.15, 0.2) is 36.0 Å². The van der Waals surface area contributed by atoms with Crippen molar-refractivity contribution in [1.82, 2.24) is 14.8 Å². The van der Waals surface area contributed by atoms with Gasteiger partial charge in [-0.1, -0.05) is 25.1 Å². The molecule has 2 heterocycles. The number of thiocarbonyl (C=S) groups is 1. The molecule has 1 N–H and O–H groups in total. The summed E-state index contributed by atoms with van der Waals surface area (Å²) in [7, 11) is 0. The fourth-order valence-electron chi connectivity index (χ4n) is 3.31. The third-order valence-corrected chi connectivity index (χ3v) is 4.93. The van der Waals surface area contributed by atoms with Crippen molar-refractivity contribution in [3.63, 3.8) is 0 Å². The molecule has 4 rings (SSSR count). The number of hydrogen-bond donors (Lipinski definition) is 1. The minimum atomic E-state index is -0.417. The third kappa shape index (κ3) is 2.76. The van der Waals surface area contributed by atoms with Gasteiger partial charge in [-0.2, -0.15) is 0 Å². The number of benzene rings is 1. The van der Waals surface area contributed by atoms with Crippen molar-refractivity contribution in [1.29, 1.82) is 0 Å². The quantitative estimate of drug-likeness (QED) is 0.522. The highest BCUT2D eigenvalue weighted by molar-refractivity contribution is 7.80. The SMILES string of the molecule is CCCn1cc(/C=C2\C(=O)NC(=S)N(C3CC3)C2=O)c2ccccc21. The van der Waals surface area contributed by atoms with Crippen molar-refractivity contribution >= 4 is 46.1 Å². The monoisotopic (exact) mass is 353 g/mol. The number of fused-ring (bicyclic) bond motifs is 1. The van der Waals surface area contributed by atoms with Crippen LogP contribution in [0.25, 0.3) is 17.0 Å². The highest BCUT2D eigenvalue weighted by Crippen LogP contribution is 2.31. The zero-order valence-electron chi connectivity index (χ0n) is 14.0. The van der Waals surface area contributed by atoms with E-state index in [0.717, 1.165) is 42.3 Å².